The van der Waals surface area contributed by atoms with Crippen molar-refractivity contribution in [1.82, 2.24) is 4.90 Å². The fourth-order valence-corrected chi connectivity index (χ4v) is 4.07. The fourth-order valence-electron chi connectivity index (χ4n) is 4.07. The van der Waals surface area contributed by atoms with Gasteiger partial charge in [0.15, 0.2) is 11.6 Å². The van der Waals surface area contributed by atoms with E-state index in [-0.39, 0.29) is 24.6 Å². The Hall–Kier alpha value is -4.27. The summed E-state index contributed by atoms with van der Waals surface area (Å²) in [7, 11) is 0. The van der Waals surface area contributed by atoms with E-state index in [2.05, 4.69) is 0 Å². The summed E-state index contributed by atoms with van der Waals surface area (Å²) in [4.78, 5) is 13.4. The molecule has 4 aromatic rings. The summed E-state index contributed by atoms with van der Waals surface area (Å²) in [5.41, 5.74) is 7.87. The molecule has 0 aliphatic rings. The zero-order chi connectivity index (χ0) is 27.6. The largest absolute Gasteiger partial charge is 0.488 e. The predicted octanol–water partition coefficient (Wildman–Crippen LogP) is 6.14. The molecule has 3 N–H and O–H groups in total. The fraction of sp³-hybridized carbons (Fsp3) is 0.194. The molecule has 0 unspecified atom stereocenters. The molecule has 0 amide bonds. The SMILES string of the molecule is N[C@@H](CCN(Cc1ccccc1OCc1ccccc1F)Cc1ccccc1Oc1ccccc1F)C(=O)O. The number of halogens is 2. The van der Waals surface area contributed by atoms with Crippen LogP contribution in [0.3, 0.4) is 0 Å². The van der Waals surface area contributed by atoms with Crippen molar-refractivity contribution < 1.29 is 28.2 Å². The summed E-state index contributed by atoms with van der Waals surface area (Å²) in [6, 6.07) is 26.3. The number of aliphatic carboxylic acids is 1. The second kappa shape index (κ2) is 13.5. The van der Waals surface area contributed by atoms with Gasteiger partial charge in [0.05, 0.1) is 0 Å². The zero-order valence-electron chi connectivity index (χ0n) is 21.3. The first-order valence-corrected chi connectivity index (χ1v) is 12.6. The number of hydrogen-bond acceptors (Lipinski definition) is 5. The molecular formula is C31H30F2N2O4. The molecule has 0 aliphatic carbocycles. The number of para-hydroxylation sites is 3. The number of rotatable bonds is 13. The Balaban J connectivity index is 1.55. The van der Waals surface area contributed by atoms with Crippen LogP contribution in [-0.4, -0.2) is 28.6 Å². The number of carboxylic acid groups (broad SMARTS) is 1. The van der Waals surface area contributed by atoms with Crippen molar-refractivity contribution in [1.29, 1.82) is 0 Å². The van der Waals surface area contributed by atoms with Crippen LogP contribution in [0.1, 0.15) is 23.1 Å². The monoisotopic (exact) mass is 532 g/mol. The van der Waals surface area contributed by atoms with E-state index in [1.807, 2.05) is 41.3 Å². The predicted molar refractivity (Wildman–Crippen MR) is 144 cm³/mol. The van der Waals surface area contributed by atoms with Crippen LogP contribution < -0.4 is 15.2 Å². The van der Waals surface area contributed by atoms with Crippen LogP contribution in [0.15, 0.2) is 97.1 Å². The summed E-state index contributed by atoms with van der Waals surface area (Å²) in [6.07, 6.45) is 0.212. The van der Waals surface area contributed by atoms with Crippen LogP contribution in [0, 0.1) is 11.6 Å². The minimum absolute atomic E-state index is 0.0624. The molecule has 6 nitrogen and oxygen atoms in total. The molecule has 39 heavy (non-hydrogen) atoms. The molecule has 0 heterocycles. The molecule has 202 valence electrons. The maximum atomic E-state index is 14.3. The van der Waals surface area contributed by atoms with Crippen LogP contribution in [0.2, 0.25) is 0 Å². The lowest BCUT2D eigenvalue weighted by Gasteiger charge is -2.25. The van der Waals surface area contributed by atoms with E-state index in [4.69, 9.17) is 15.2 Å². The molecular weight excluding hydrogens is 502 g/mol. The van der Waals surface area contributed by atoms with Crippen molar-refractivity contribution in [3.8, 4) is 17.2 Å². The zero-order valence-corrected chi connectivity index (χ0v) is 21.3. The topological polar surface area (TPSA) is 85.0 Å². The van der Waals surface area contributed by atoms with E-state index < -0.39 is 17.8 Å². The van der Waals surface area contributed by atoms with Crippen molar-refractivity contribution >= 4 is 5.97 Å². The van der Waals surface area contributed by atoms with E-state index in [0.29, 0.717) is 36.7 Å². The van der Waals surface area contributed by atoms with Gasteiger partial charge in [0.25, 0.3) is 0 Å². The molecule has 0 aromatic heterocycles. The Morgan fingerprint density at radius 2 is 1.26 bits per heavy atom. The van der Waals surface area contributed by atoms with Gasteiger partial charge < -0.3 is 20.3 Å². The summed E-state index contributed by atoms with van der Waals surface area (Å²) in [5, 5.41) is 9.30. The number of carbonyl (C=O) groups is 1. The molecule has 0 aliphatic heterocycles. The number of carboxylic acids is 1. The van der Waals surface area contributed by atoms with Crippen molar-refractivity contribution in [3.05, 3.63) is 125 Å². The molecule has 0 fully saturated rings. The number of nitrogens with two attached hydrogens (primary N) is 1. The number of hydrogen-bond donors (Lipinski definition) is 2. The Morgan fingerprint density at radius 1 is 0.744 bits per heavy atom. The molecule has 4 rings (SSSR count). The third-order valence-corrected chi connectivity index (χ3v) is 6.20. The first-order chi connectivity index (χ1) is 18.9. The highest BCUT2D eigenvalue weighted by molar-refractivity contribution is 5.73. The molecule has 0 radical (unpaired) electrons. The van der Waals surface area contributed by atoms with Gasteiger partial charge in [-0.05, 0) is 36.8 Å². The summed E-state index contributed by atoms with van der Waals surface area (Å²) in [6.45, 7) is 1.20. The molecule has 1 atom stereocenters. The number of ether oxygens (including phenoxy) is 2. The highest BCUT2D eigenvalue weighted by Crippen LogP contribution is 2.29. The average Bonchev–Trinajstić information content (AvgIpc) is 2.94. The number of nitrogens with zero attached hydrogens (tertiary/aromatic N) is 1. The van der Waals surface area contributed by atoms with Gasteiger partial charge in [-0.25, -0.2) is 8.78 Å². The van der Waals surface area contributed by atoms with Gasteiger partial charge in [-0.3, -0.25) is 9.69 Å². The van der Waals surface area contributed by atoms with Crippen LogP contribution in [0.5, 0.6) is 17.2 Å². The lowest BCUT2D eigenvalue weighted by atomic mass is 10.1. The quantitative estimate of drug-likeness (QED) is 0.215. The summed E-state index contributed by atoms with van der Waals surface area (Å²) >= 11 is 0. The molecule has 0 saturated carbocycles. The second-order valence-electron chi connectivity index (χ2n) is 9.07. The van der Waals surface area contributed by atoms with Gasteiger partial charge >= 0.3 is 5.97 Å². The lowest BCUT2D eigenvalue weighted by Crippen LogP contribution is -2.35. The second-order valence-corrected chi connectivity index (χ2v) is 9.07. The van der Waals surface area contributed by atoms with E-state index in [9.17, 15) is 18.7 Å². The van der Waals surface area contributed by atoms with Crippen molar-refractivity contribution in [2.24, 2.45) is 5.73 Å². The van der Waals surface area contributed by atoms with Crippen molar-refractivity contribution in [2.45, 2.75) is 32.2 Å². The van der Waals surface area contributed by atoms with Crippen LogP contribution >= 0.6 is 0 Å². The first kappa shape index (κ1) is 27.8. The van der Waals surface area contributed by atoms with E-state index in [0.717, 1.165) is 11.1 Å². The smallest absolute Gasteiger partial charge is 0.320 e. The third-order valence-electron chi connectivity index (χ3n) is 6.20. The van der Waals surface area contributed by atoms with Gasteiger partial charge in [0, 0.05) is 36.3 Å². The van der Waals surface area contributed by atoms with Crippen LogP contribution in [0.4, 0.5) is 8.78 Å². The molecule has 8 heteroatoms. The molecule has 0 bridgehead atoms. The van der Waals surface area contributed by atoms with Gasteiger partial charge in [-0.15, -0.1) is 0 Å². The van der Waals surface area contributed by atoms with Gasteiger partial charge in [0.2, 0.25) is 0 Å². The first-order valence-electron chi connectivity index (χ1n) is 12.6. The van der Waals surface area contributed by atoms with Crippen LogP contribution in [-0.2, 0) is 24.5 Å². The molecule has 4 aromatic carbocycles. The lowest BCUT2D eigenvalue weighted by molar-refractivity contribution is -0.138. The Labute approximate surface area is 226 Å². The van der Waals surface area contributed by atoms with Gasteiger partial charge in [-0.1, -0.05) is 66.7 Å². The summed E-state index contributed by atoms with van der Waals surface area (Å²) < 4.78 is 40.3. The number of benzene rings is 4. The minimum Gasteiger partial charge on any atom is -0.488 e. The van der Waals surface area contributed by atoms with Crippen molar-refractivity contribution in [3.63, 3.8) is 0 Å². The normalized spacial score (nSPS) is 11.8. The molecule has 0 saturated heterocycles. The maximum absolute atomic E-state index is 14.3. The molecule has 0 spiro atoms. The standard InChI is InChI=1S/C31H30F2N2O4/c32-25-12-4-1-11-24(25)21-38-28-14-6-2-9-22(28)19-35(18-17-27(34)31(36)37)20-23-10-3-7-15-29(23)39-30-16-8-5-13-26(30)33/h1-16,27H,17-21,34H2,(H,36,37)/t27-/m0/s1. The Morgan fingerprint density at radius 3 is 1.87 bits per heavy atom. The average molecular weight is 533 g/mol. The highest BCUT2D eigenvalue weighted by Gasteiger charge is 2.18. The summed E-state index contributed by atoms with van der Waals surface area (Å²) in [5.74, 6) is -0.713. The third kappa shape index (κ3) is 7.86. The van der Waals surface area contributed by atoms with Gasteiger partial charge in [-0.2, -0.15) is 0 Å². The minimum atomic E-state index is -1.08. The van der Waals surface area contributed by atoms with E-state index in [1.54, 1.807) is 48.5 Å². The Bertz CT molecular complexity index is 1400. The van der Waals surface area contributed by atoms with E-state index in [1.165, 1.54) is 12.1 Å². The van der Waals surface area contributed by atoms with Crippen molar-refractivity contribution in [2.75, 3.05) is 6.54 Å². The maximum Gasteiger partial charge on any atom is 0.320 e. The highest BCUT2D eigenvalue weighted by atomic mass is 19.1. The Kier molecular flexibility index (Phi) is 9.61. The van der Waals surface area contributed by atoms with E-state index >= 15 is 0 Å². The van der Waals surface area contributed by atoms with Crippen LogP contribution in [0.25, 0.3) is 0 Å². The van der Waals surface area contributed by atoms with Gasteiger partial charge in [0.1, 0.15) is 30.0 Å².